The Morgan fingerprint density at radius 3 is 2.87 bits per heavy atom. The highest BCUT2D eigenvalue weighted by Crippen LogP contribution is 2.23. The van der Waals surface area contributed by atoms with E-state index in [1.165, 1.54) is 0 Å². The van der Waals surface area contributed by atoms with E-state index in [4.69, 9.17) is 4.74 Å². The molecule has 1 aliphatic rings. The first-order valence-electron chi connectivity index (χ1n) is 5.89. The second kappa shape index (κ2) is 5.61. The third-order valence-electron chi connectivity index (χ3n) is 3.18. The molecular formula is C12H23NO2. The minimum atomic E-state index is -0.180. The Morgan fingerprint density at radius 2 is 2.33 bits per heavy atom. The van der Waals surface area contributed by atoms with E-state index >= 15 is 0 Å². The third-order valence-corrected chi connectivity index (χ3v) is 3.18. The Morgan fingerprint density at radius 1 is 1.60 bits per heavy atom. The van der Waals surface area contributed by atoms with Crippen LogP contribution >= 0.6 is 0 Å². The lowest BCUT2D eigenvalue weighted by molar-refractivity contribution is -0.118. The molecule has 88 valence electrons. The van der Waals surface area contributed by atoms with Gasteiger partial charge in [-0.2, -0.15) is 0 Å². The summed E-state index contributed by atoms with van der Waals surface area (Å²) in [6, 6.07) is 0.440. The smallest absolute Gasteiger partial charge is 0.127 e. The van der Waals surface area contributed by atoms with Crippen molar-refractivity contribution in [2.45, 2.75) is 39.7 Å². The highest BCUT2D eigenvalue weighted by Gasteiger charge is 2.29. The summed E-state index contributed by atoms with van der Waals surface area (Å²) in [4.78, 5) is 13.5. The van der Waals surface area contributed by atoms with Gasteiger partial charge in [0.15, 0.2) is 0 Å². The number of aldehydes is 1. The lowest BCUT2D eigenvalue weighted by Crippen LogP contribution is -2.48. The molecule has 1 fully saturated rings. The molecule has 0 spiro atoms. The Hall–Kier alpha value is -0.410. The van der Waals surface area contributed by atoms with Crippen LogP contribution in [0.3, 0.4) is 0 Å². The molecule has 0 saturated carbocycles. The molecule has 3 nitrogen and oxygen atoms in total. The fourth-order valence-corrected chi connectivity index (χ4v) is 2.21. The van der Waals surface area contributed by atoms with Crippen molar-refractivity contribution >= 4 is 6.29 Å². The molecule has 2 unspecified atom stereocenters. The van der Waals surface area contributed by atoms with Crippen LogP contribution < -0.4 is 0 Å². The highest BCUT2D eigenvalue weighted by atomic mass is 16.5. The molecule has 0 aliphatic carbocycles. The Balaban J connectivity index is 2.52. The molecule has 0 aromatic heterocycles. The second-order valence-electron chi connectivity index (χ2n) is 4.92. The molecule has 3 heteroatoms. The van der Waals surface area contributed by atoms with E-state index in [1.807, 2.05) is 0 Å². The van der Waals surface area contributed by atoms with Gasteiger partial charge in [0, 0.05) is 24.5 Å². The van der Waals surface area contributed by atoms with E-state index in [0.29, 0.717) is 6.04 Å². The number of morpholine rings is 1. The highest BCUT2D eigenvalue weighted by molar-refractivity contribution is 5.59. The van der Waals surface area contributed by atoms with Gasteiger partial charge in [0.2, 0.25) is 0 Å². The Labute approximate surface area is 92.8 Å². The van der Waals surface area contributed by atoms with E-state index < -0.39 is 0 Å². The van der Waals surface area contributed by atoms with Crippen molar-refractivity contribution in [3.63, 3.8) is 0 Å². The molecule has 15 heavy (non-hydrogen) atoms. The zero-order chi connectivity index (χ0) is 11.3. The quantitative estimate of drug-likeness (QED) is 0.651. The maximum atomic E-state index is 11.1. The summed E-state index contributed by atoms with van der Waals surface area (Å²) in [6.07, 6.45) is 3.16. The minimum absolute atomic E-state index is 0.180. The molecule has 0 aromatic carbocycles. The second-order valence-corrected chi connectivity index (χ2v) is 4.92. The van der Waals surface area contributed by atoms with Gasteiger partial charge in [-0.25, -0.2) is 0 Å². The van der Waals surface area contributed by atoms with Crippen LogP contribution in [0, 0.1) is 5.41 Å². The first kappa shape index (κ1) is 12.7. The number of nitrogens with zero attached hydrogens (tertiary/aromatic N) is 1. The fourth-order valence-electron chi connectivity index (χ4n) is 2.21. The fraction of sp³-hybridized carbons (Fsp3) is 0.917. The Bertz CT molecular complexity index is 208. The van der Waals surface area contributed by atoms with Crippen LogP contribution in [0.1, 0.15) is 33.6 Å². The van der Waals surface area contributed by atoms with E-state index in [2.05, 4.69) is 25.7 Å². The number of ether oxygens (including phenoxy) is 1. The van der Waals surface area contributed by atoms with Gasteiger partial charge >= 0.3 is 0 Å². The third kappa shape index (κ3) is 3.58. The molecular weight excluding hydrogens is 190 g/mol. The van der Waals surface area contributed by atoms with Gasteiger partial charge < -0.3 is 9.53 Å². The molecule has 0 aromatic rings. The van der Waals surface area contributed by atoms with Crippen molar-refractivity contribution in [3.05, 3.63) is 0 Å². The summed E-state index contributed by atoms with van der Waals surface area (Å²) in [5.41, 5.74) is -0.180. The van der Waals surface area contributed by atoms with Crippen LogP contribution in [-0.4, -0.2) is 43.5 Å². The average molecular weight is 213 g/mol. The average Bonchev–Trinajstić information content (AvgIpc) is 2.22. The van der Waals surface area contributed by atoms with Crippen molar-refractivity contribution in [1.82, 2.24) is 4.90 Å². The number of rotatable bonds is 5. The van der Waals surface area contributed by atoms with Gasteiger partial charge in [0.1, 0.15) is 6.29 Å². The minimum Gasteiger partial charge on any atom is -0.379 e. The van der Waals surface area contributed by atoms with Gasteiger partial charge in [-0.15, -0.1) is 0 Å². The first-order valence-corrected chi connectivity index (χ1v) is 5.89. The zero-order valence-corrected chi connectivity index (χ0v) is 10.2. The molecule has 0 amide bonds. The van der Waals surface area contributed by atoms with Gasteiger partial charge in [0.05, 0.1) is 13.2 Å². The standard InChI is InChI=1S/C12H23NO2/c1-4-5-12(3,10-14)9-13-6-7-15-8-11(13)2/h10-11H,4-9H2,1-3H3. The molecule has 1 rings (SSSR count). The lowest BCUT2D eigenvalue weighted by atomic mass is 9.86. The molecule has 1 saturated heterocycles. The van der Waals surface area contributed by atoms with Crippen LogP contribution in [0.2, 0.25) is 0 Å². The lowest BCUT2D eigenvalue weighted by Gasteiger charge is -2.38. The molecule has 1 heterocycles. The van der Waals surface area contributed by atoms with Gasteiger partial charge in [0.25, 0.3) is 0 Å². The summed E-state index contributed by atoms with van der Waals surface area (Å²) in [6.45, 7) is 9.77. The number of hydrogen-bond acceptors (Lipinski definition) is 3. The maximum Gasteiger partial charge on any atom is 0.127 e. The number of carbonyl (C=O) groups is 1. The van der Waals surface area contributed by atoms with Gasteiger partial charge in [-0.05, 0) is 13.3 Å². The molecule has 0 bridgehead atoms. The van der Waals surface area contributed by atoms with Crippen molar-refractivity contribution in [2.24, 2.45) is 5.41 Å². The van der Waals surface area contributed by atoms with Crippen LogP contribution in [0.5, 0.6) is 0 Å². The van der Waals surface area contributed by atoms with Gasteiger partial charge in [-0.1, -0.05) is 20.3 Å². The number of hydrogen-bond donors (Lipinski definition) is 0. The van der Waals surface area contributed by atoms with Crippen LogP contribution in [0.15, 0.2) is 0 Å². The predicted octanol–water partition coefficient (Wildman–Crippen LogP) is 1.71. The molecule has 2 atom stereocenters. The van der Waals surface area contributed by atoms with Gasteiger partial charge in [-0.3, -0.25) is 4.90 Å². The Kier molecular flexibility index (Phi) is 4.74. The topological polar surface area (TPSA) is 29.5 Å². The summed E-state index contributed by atoms with van der Waals surface area (Å²) < 4.78 is 5.39. The summed E-state index contributed by atoms with van der Waals surface area (Å²) in [5, 5.41) is 0. The van der Waals surface area contributed by atoms with E-state index in [-0.39, 0.29) is 5.41 Å². The van der Waals surface area contributed by atoms with Crippen LogP contribution in [0.25, 0.3) is 0 Å². The molecule has 0 radical (unpaired) electrons. The maximum absolute atomic E-state index is 11.1. The molecule has 0 N–H and O–H groups in total. The predicted molar refractivity (Wildman–Crippen MR) is 60.9 cm³/mol. The summed E-state index contributed by atoms with van der Waals surface area (Å²) in [7, 11) is 0. The first-order chi connectivity index (χ1) is 7.11. The number of carbonyl (C=O) groups excluding carboxylic acids is 1. The monoisotopic (exact) mass is 213 g/mol. The van der Waals surface area contributed by atoms with E-state index in [9.17, 15) is 4.79 Å². The van der Waals surface area contributed by atoms with Crippen molar-refractivity contribution < 1.29 is 9.53 Å². The van der Waals surface area contributed by atoms with Crippen LogP contribution in [0.4, 0.5) is 0 Å². The molecule has 1 aliphatic heterocycles. The zero-order valence-electron chi connectivity index (χ0n) is 10.2. The SMILES string of the molecule is CCCC(C)(C=O)CN1CCOCC1C. The van der Waals surface area contributed by atoms with E-state index in [1.54, 1.807) is 0 Å². The summed E-state index contributed by atoms with van der Waals surface area (Å²) >= 11 is 0. The van der Waals surface area contributed by atoms with Crippen molar-refractivity contribution in [3.8, 4) is 0 Å². The summed E-state index contributed by atoms with van der Waals surface area (Å²) in [5.74, 6) is 0. The van der Waals surface area contributed by atoms with Crippen molar-refractivity contribution in [1.29, 1.82) is 0 Å². The van der Waals surface area contributed by atoms with Crippen LogP contribution in [-0.2, 0) is 9.53 Å². The van der Waals surface area contributed by atoms with E-state index in [0.717, 1.165) is 45.4 Å². The normalized spacial score (nSPS) is 27.3. The largest absolute Gasteiger partial charge is 0.379 e. The van der Waals surface area contributed by atoms with Crippen molar-refractivity contribution in [2.75, 3.05) is 26.3 Å².